The van der Waals surface area contributed by atoms with Gasteiger partial charge < -0.3 is 14.4 Å². The number of hydrogen-bond acceptors (Lipinski definition) is 4. The fraction of sp³-hybridized carbons (Fsp3) is 0.706. The van der Waals surface area contributed by atoms with Gasteiger partial charge in [-0.2, -0.15) is 0 Å². The van der Waals surface area contributed by atoms with Gasteiger partial charge in [-0.05, 0) is 58.4 Å². The van der Waals surface area contributed by atoms with Crippen molar-refractivity contribution in [3.63, 3.8) is 0 Å². The number of thiophene rings is 1. The van der Waals surface area contributed by atoms with E-state index in [0.717, 1.165) is 25.8 Å². The summed E-state index contributed by atoms with van der Waals surface area (Å²) < 4.78 is 11.5. The van der Waals surface area contributed by atoms with Crippen LogP contribution in [0.2, 0.25) is 0 Å². The lowest BCUT2D eigenvalue weighted by Crippen LogP contribution is -2.48. The first-order chi connectivity index (χ1) is 10.4. The Morgan fingerprint density at radius 1 is 1.45 bits per heavy atom. The highest BCUT2D eigenvalue weighted by atomic mass is 32.1. The minimum atomic E-state index is -0.454. The first kappa shape index (κ1) is 17.3. The third-order valence-corrected chi connectivity index (χ3v) is 4.77. The van der Waals surface area contributed by atoms with Crippen molar-refractivity contribution in [3.8, 4) is 0 Å². The Morgan fingerprint density at radius 3 is 2.86 bits per heavy atom. The zero-order valence-electron chi connectivity index (χ0n) is 14.0. The summed E-state index contributed by atoms with van der Waals surface area (Å²) in [7, 11) is 0. The van der Waals surface area contributed by atoms with Gasteiger partial charge in [0.05, 0.1) is 18.8 Å². The fourth-order valence-corrected chi connectivity index (χ4v) is 3.33. The molecule has 1 amide bonds. The number of rotatable bonds is 4. The number of nitrogens with zero attached hydrogens (tertiary/aromatic N) is 1. The van der Waals surface area contributed by atoms with Crippen LogP contribution in [0, 0.1) is 0 Å². The van der Waals surface area contributed by atoms with E-state index >= 15 is 0 Å². The molecule has 0 spiro atoms. The molecule has 1 aromatic heterocycles. The first-order valence-corrected chi connectivity index (χ1v) is 8.89. The molecular formula is C17H27NO3S. The largest absolute Gasteiger partial charge is 0.444 e. The summed E-state index contributed by atoms with van der Waals surface area (Å²) in [5.74, 6) is 0. The van der Waals surface area contributed by atoms with E-state index in [0.29, 0.717) is 6.61 Å². The molecule has 0 aromatic carbocycles. The summed E-state index contributed by atoms with van der Waals surface area (Å²) in [6, 6.07) is 4.24. The number of carbonyl (C=O) groups is 1. The van der Waals surface area contributed by atoms with Crippen LogP contribution in [-0.4, -0.2) is 35.8 Å². The van der Waals surface area contributed by atoms with Gasteiger partial charge in [0.25, 0.3) is 0 Å². The van der Waals surface area contributed by atoms with Gasteiger partial charge in [-0.1, -0.05) is 6.07 Å². The molecule has 0 bridgehead atoms. The Hall–Kier alpha value is -1.07. The monoisotopic (exact) mass is 325 g/mol. The summed E-state index contributed by atoms with van der Waals surface area (Å²) in [6.45, 7) is 9.10. The minimum Gasteiger partial charge on any atom is -0.444 e. The Kier molecular flexibility index (Phi) is 5.87. The second-order valence-electron chi connectivity index (χ2n) is 6.81. The van der Waals surface area contributed by atoms with Crippen molar-refractivity contribution in [3.05, 3.63) is 22.4 Å². The summed E-state index contributed by atoms with van der Waals surface area (Å²) in [5.41, 5.74) is -0.454. The normalized spacial score (nSPS) is 20.7. The number of likely N-dealkylation sites (tertiary alicyclic amines) is 1. The zero-order chi connectivity index (χ0) is 16.2. The number of ether oxygens (including phenoxy) is 2. The average molecular weight is 325 g/mol. The lowest BCUT2D eigenvalue weighted by atomic mass is 10.0. The van der Waals surface area contributed by atoms with Crippen molar-refractivity contribution >= 4 is 17.4 Å². The molecular weight excluding hydrogens is 298 g/mol. The Balaban J connectivity index is 1.90. The smallest absolute Gasteiger partial charge is 0.410 e. The average Bonchev–Trinajstić information content (AvgIpc) is 2.97. The Bertz CT molecular complexity index is 467. The molecule has 2 rings (SSSR count). The van der Waals surface area contributed by atoms with E-state index in [-0.39, 0.29) is 18.2 Å². The van der Waals surface area contributed by atoms with Crippen LogP contribution in [0.25, 0.3) is 0 Å². The van der Waals surface area contributed by atoms with E-state index < -0.39 is 5.60 Å². The van der Waals surface area contributed by atoms with Gasteiger partial charge in [0.1, 0.15) is 5.60 Å². The topological polar surface area (TPSA) is 38.8 Å². The van der Waals surface area contributed by atoms with Crippen molar-refractivity contribution in [1.82, 2.24) is 4.90 Å². The minimum absolute atomic E-state index is 0.0717. The summed E-state index contributed by atoms with van der Waals surface area (Å²) in [6.07, 6.45) is 3.01. The number of carbonyl (C=O) groups excluding carboxylic acids is 1. The first-order valence-electron chi connectivity index (χ1n) is 8.01. The number of piperidine rings is 1. The van der Waals surface area contributed by atoms with Crippen molar-refractivity contribution < 1.29 is 14.3 Å². The summed E-state index contributed by atoms with van der Waals surface area (Å²) >= 11 is 1.70. The van der Waals surface area contributed by atoms with Gasteiger partial charge in [-0.15, -0.1) is 11.3 Å². The molecule has 0 aliphatic carbocycles. The Labute approximate surface area is 137 Å². The predicted molar refractivity (Wildman–Crippen MR) is 89.3 cm³/mol. The molecule has 0 saturated carbocycles. The maximum absolute atomic E-state index is 12.3. The molecule has 0 radical (unpaired) electrons. The quantitative estimate of drug-likeness (QED) is 0.811. The van der Waals surface area contributed by atoms with Crippen LogP contribution in [0.15, 0.2) is 17.5 Å². The van der Waals surface area contributed by atoms with Crippen molar-refractivity contribution in [2.24, 2.45) is 0 Å². The van der Waals surface area contributed by atoms with E-state index in [1.54, 1.807) is 11.3 Å². The van der Waals surface area contributed by atoms with Gasteiger partial charge >= 0.3 is 6.09 Å². The van der Waals surface area contributed by atoms with E-state index in [2.05, 4.69) is 18.4 Å². The van der Waals surface area contributed by atoms with Gasteiger partial charge in [-0.25, -0.2) is 4.79 Å². The summed E-state index contributed by atoms with van der Waals surface area (Å²) in [4.78, 5) is 15.4. The molecule has 1 saturated heterocycles. The zero-order valence-corrected chi connectivity index (χ0v) is 14.8. The molecule has 2 heterocycles. The second-order valence-corrected chi connectivity index (χ2v) is 7.79. The second kappa shape index (κ2) is 7.47. The van der Waals surface area contributed by atoms with Crippen LogP contribution < -0.4 is 0 Å². The number of amides is 1. The molecule has 1 fully saturated rings. The molecule has 0 N–H and O–H groups in total. The van der Waals surface area contributed by atoms with E-state index in [4.69, 9.17) is 9.47 Å². The number of hydrogen-bond donors (Lipinski definition) is 0. The van der Waals surface area contributed by atoms with Crippen molar-refractivity contribution in [2.75, 3.05) is 13.2 Å². The third-order valence-electron chi connectivity index (χ3n) is 3.74. The molecule has 2 atom stereocenters. The molecule has 4 nitrogen and oxygen atoms in total. The van der Waals surface area contributed by atoms with E-state index in [1.807, 2.05) is 31.7 Å². The predicted octanol–water partition coefficient (Wildman–Crippen LogP) is 4.62. The SMILES string of the molecule is CC(OCC1CCCCN1C(=O)OC(C)(C)C)c1cccs1. The maximum atomic E-state index is 12.3. The van der Waals surface area contributed by atoms with Gasteiger partial charge in [-0.3, -0.25) is 0 Å². The van der Waals surface area contributed by atoms with E-state index in [1.165, 1.54) is 4.88 Å². The standard InChI is InChI=1S/C17H27NO3S/c1-13(15-9-7-11-22-15)20-12-14-8-5-6-10-18(14)16(19)21-17(2,3)4/h7,9,11,13-14H,5-6,8,10,12H2,1-4H3. The van der Waals surface area contributed by atoms with Crippen LogP contribution in [0.5, 0.6) is 0 Å². The lowest BCUT2D eigenvalue weighted by molar-refractivity contribution is -0.0204. The summed E-state index contributed by atoms with van der Waals surface area (Å²) in [5, 5.41) is 2.06. The van der Waals surface area contributed by atoms with Crippen molar-refractivity contribution in [2.45, 2.75) is 64.7 Å². The van der Waals surface area contributed by atoms with Crippen LogP contribution in [0.1, 0.15) is 57.9 Å². The molecule has 1 aliphatic heterocycles. The van der Waals surface area contributed by atoms with Crippen LogP contribution >= 0.6 is 11.3 Å². The van der Waals surface area contributed by atoms with E-state index in [9.17, 15) is 4.79 Å². The maximum Gasteiger partial charge on any atom is 0.410 e. The van der Waals surface area contributed by atoms with Crippen LogP contribution in [0.4, 0.5) is 4.79 Å². The molecule has 5 heteroatoms. The Morgan fingerprint density at radius 2 is 2.23 bits per heavy atom. The molecule has 1 aromatic rings. The molecule has 1 aliphatic rings. The van der Waals surface area contributed by atoms with Crippen LogP contribution in [-0.2, 0) is 9.47 Å². The highest BCUT2D eigenvalue weighted by Gasteiger charge is 2.30. The van der Waals surface area contributed by atoms with Gasteiger partial charge in [0.2, 0.25) is 0 Å². The molecule has 22 heavy (non-hydrogen) atoms. The fourth-order valence-electron chi connectivity index (χ4n) is 2.59. The lowest BCUT2D eigenvalue weighted by Gasteiger charge is -2.37. The highest BCUT2D eigenvalue weighted by molar-refractivity contribution is 7.10. The van der Waals surface area contributed by atoms with Gasteiger partial charge in [0.15, 0.2) is 0 Å². The highest BCUT2D eigenvalue weighted by Crippen LogP contribution is 2.25. The van der Waals surface area contributed by atoms with Crippen LogP contribution in [0.3, 0.4) is 0 Å². The molecule has 2 unspecified atom stereocenters. The van der Waals surface area contributed by atoms with Gasteiger partial charge in [0, 0.05) is 11.4 Å². The third kappa shape index (κ3) is 4.99. The van der Waals surface area contributed by atoms with Crippen molar-refractivity contribution in [1.29, 1.82) is 0 Å². The molecule has 124 valence electrons.